The van der Waals surface area contributed by atoms with Gasteiger partial charge in [0.15, 0.2) is 0 Å². The topological polar surface area (TPSA) is 174 Å². The van der Waals surface area contributed by atoms with Crippen molar-refractivity contribution < 1.29 is 24.7 Å². The lowest BCUT2D eigenvalue weighted by Crippen LogP contribution is -2.45. The molecule has 4 aromatic rings. The second-order valence-electron chi connectivity index (χ2n) is 13.2. The molecule has 0 radical (unpaired) electrons. The lowest BCUT2D eigenvalue weighted by atomic mass is 9.84. The van der Waals surface area contributed by atoms with Crippen molar-refractivity contribution in [2.45, 2.75) is 50.7 Å². The highest BCUT2D eigenvalue weighted by Crippen LogP contribution is 2.35. The molecule has 0 aromatic heterocycles. The summed E-state index contributed by atoms with van der Waals surface area (Å²) in [5, 5.41) is 41.8. The number of nitro groups is 1. The average molecular weight is 755 g/mol. The number of likely N-dealkylation sites (tertiary alicyclic amines) is 2. The van der Waals surface area contributed by atoms with Gasteiger partial charge in [-0.05, 0) is 98.7 Å². The molecule has 51 heavy (non-hydrogen) atoms. The van der Waals surface area contributed by atoms with Gasteiger partial charge in [0.05, 0.1) is 27.8 Å². The van der Waals surface area contributed by atoms with Gasteiger partial charge in [0.2, 0.25) is 0 Å². The number of rotatable bonds is 5. The van der Waals surface area contributed by atoms with Gasteiger partial charge in [0.25, 0.3) is 17.5 Å². The molecule has 12 heteroatoms. The number of piperidine rings is 2. The summed E-state index contributed by atoms with van der Waals surface area (Å²) in [6, 6.07) is 26.5. The van der Waals surface area contributed by atoms with E-state index in [2.05, 4.69) is 22.0 Å². The molecule has 0 aliphatic carbocycles. The van der Waals surface area contributed by atoms with Crippen molar-refractivity contribution in [1.29, 1.82) is 5.26 Å². The van der Waals surface area contributed by atoms with Crippen molar-refractivity contribution in [3.8, 4) is 6.07 Å². The molecule has 2 amide bonds. The Balaban J connectivity index is 0.000000198. The molecule has 2 fully saturated rings. The van der Waals surface area contributed by atoms with Crippen molar-refractivity contribution in [3.63, 3.8) is 0 Å². The fourth-order valence-electron chi connectivity index (χ4n) is 6.43. The zero-order valence-corrected chi connectivity index (χ0v) is 30.1. The molecule has 4 N–H and O–H groups in total. The number of nitro benzene ring substituents is 1. The van der Waals surface area contributed by atoms with Gasteiger partial charge in [-0.15, -0.1) is 0 Å². The van der Waals surface area contributed by atoms with Crippen LogP contribution in [0.5, 0.6) is 0 Å². The van der Waals surface area contributed by atoms with Crippen LogP contribution < -0.4 is 5.73 Å². The number of nitrogens with two attached hydrogens (primary N) is 1. The van der Waals surface area contributed by atoms with Crippen molar-refractivity contribution >= 4 is 39.1 Å². The molecule has 0 unspecified atom stereocenters. The lowest BCUT2D eigenvalue weighted by molar-refractivity contribution is -0.385. The van der Waals surface area contributed by atoms with E-state index in [1.807, 2.05) is 37.3 Å². The Hall–Kier alpha value is -5.09. The summed E-state index contributed by atoms with van der Waals surface area (Å²) in [6.07, 6.45) is 1.78. The summed E-state index contributed by atoms with van der Waals surface area (Å²) in [7, 11) is 0. The molecule has 11 nitrogen and oxygen atoms in total. The minimum absolute atomic E-state index is 0.0563. The van der Waals surface area contributed by atoms with Gasteiger partial charge >= 0.3 is 0 Å². The maximum Gasteiger partial charge on any atom is 0.273 e. The van der Waals surface area contributed by atoms with Gasteiger partial charge in [-0.3, -0.25) is 19.7 Å². The van der Waals surface area contributed by atoms with Crippen LogP contribution in [0.3, 0.4) is 0 Å². The van der Waals surface area contributed by atoms with E-state index >= 15 is 0 Å². The molecule has 0 bridgehead atoms. The molecule has 2 saturated heterocycles. The third-order valence-electron chi connectivity index (χ3n) is 9.87. The number of benzene rings is 4. The quantitative estimate of drug-likeness (QED) is 0.120. The van der Waals surface area contributed by atoms with Crippen molar-refractivity contribution in [2.24, 2.45) is 0 Å². The molecule has 264 valence electrons. The van der Waals surface area contributed by atoms with Crippen LogP contribution in [0.25, 0.3) is 0 Å². The minimum Gasteiger partial charge on any atom is -0.398 e. The fraction of sp³-hybridized carbons (Fsp3) is 0.308. The van der Waals surface area contributed by atoms with Gasteiger partial charge < -0.3 is 25.7 Å². The summed E-state index contributed by atoms with van der Waals surface area (Å²) in [4.78, 5) is 39.3. The van der Waals surface area contributed by atoms with E-state index in [0.29, 0.717) is 79.8 Å². The zero-order valence-electron chi connectivity index (χ0n) is 28.5. The second-order valence-corrected chi connectivity index (χ2v) is 14.1. The molecule has 6 rings (SSSR count). The highest BCUT2D eigenvalue weighted by Gasteiger charge is 2.37. The Morgan fingerprint density at radius 1 is 0.765 bits per heavy atom. The smallest absolute Gasteiger partial charge is 0.273 e. The predicted molar refractivity (Wildman–Crippen MR) is 197 cm³/mol. The van der Waals surface area contributed by atoms with Crippen molar-refractivity contribution in [3.05, 3.63) is 138 Å². The number of nitriles is 1. The summed E-state index contributed by atoms with van der Waals surface area (Å²) in [6.45, 7) is 5.29. The molecule has 4 aromatic carbocycles. The summed E-state index contributed by atoms with van der Waals surface area (Å²) < 4.78 is 0.943. The average Bonchev–Trinajstić information content (AvgIpc) is 3.13. The zero-order chi connectivity index (χ0) is 36.9. The molecule has 2 aliphatic heterocycles. The number of amides is 2. The van der Waals surface area contributed by atoms with Gasteiger partial charge in [-0.25, -0.2) is 0 Å². The summed E-state index contributed by atoms with van der Waals surface area (Å²) in [5.41, 5.74) is 9.07. The van der Waals surface area contributed by atoms with E-state index in [0.717, 1.165) is 21.2 Å². The van der Waals surface area contributed by atoms with Crippen LogP contribution in [0.15, 0.2) is 89.4 Å². The summed E-state index contributed by atoms with van der Waals surface area (Å²) >= 11 is 3.38. The number of hydrogen-bond acceptors (Lipinski definition) is 8. The Labute approximate surface area is 305 Å². The highest BCUT2D eigenvalue weighted by atomic mass is 79.9. The van der Waals surface area contributed by atoms with E-state index in [1.54, 1.807) is 65.3 Å². The molecular weight excluding hydrogens is 714 g/mol. The van der Waals surface area contributed by atoms with Gasteiger partial charge in [0.1, 0.15) is 0 Å². The first-order chi connectivity index (χ1) is 24.2. The first kappa shape index (κ1) is 37.2. The van der Waals surface area contributed by atoms with Crippen LogP contribution in [0, 0.1) is 35.3 Å². The van der Waals surface area contributed by atoms with Crippen molar-refractivity contribution in [1.82, 2.24) is 9.80 Å². The lowest BCUT2D eigenvalue weighted by Gasteiger charge is -2.38. The van der Waals surface area contributed by atoms with Crippen molar-refractivity contribution in [2.75, 3.05) is 31.9 Å². The molecule has 0 atom stereocenters. The van der Waals surface area contributed by atoms with Crippen LogP contribution in [-0.4, -0.2) is 62.9 Å². The maximum atomic E-state index is 12.7. The number of carbonyl (C=O) groups is 2. The van der Waals surface area contributed by atoms with Crippen LogP contribution >= 0.6 is 15.9 Å². The van der Waals surface area contributed by atoms with Crippen LogP contribution in [0.4, 0.5) is 11.4 Å². The fourth-order valence-corrected chi connectivity index (χ4v) is 6.69. The number of nitrogens with zero attached hydrogens (tertiary/aromatic N) is 4. The third kappa shape index (κ3) is 8.45. The Morgan fingerprint density at radius 2 is 1.20 bits per heavy atom. The van der Waals surface area contributed by atoms with E-state index in [1.165, 1.54) is 6.07 Å². The van der Waals surface area contributed by atoms with Gasteiger partial charge in [-0.1, -0.05) is 52.3 Å². The predicted octanol–water partition coefficient (Wildman–Crippen LogP) is 6.36. The van der Waals surface area contributed by atoms with E-state index in [4.69, 9.17) is 11.0 Å². The molecule has 0 spiro atoms. The number of nitrogen functional groups attached to an aromatic ring is 1. The second kappa shape index (κ2) is 15.4. The monoisotopic (exact) mass is 753 g/mol. The molecular formula is C39H40BrN5O6. The summed E-state index contributed by atoms with van der Waals surface area (Å²) in [5.74, 6) is -0.306. The van der Waals surface area contributed by atoms with E-state index < -0.39 is 16.1 Å². The largest absolute Gasteiger partial charge is 0.398 e. The van der Waals surface area contributed by atoms with E-state index in [-0.39, 0.29) is 17.5 Å². The number of carbonyl (C=O) groups excluding carboxylic acids is 2. The molecule has 2 aliphatic rings. The first-order valence-electron chi connectivity index (χ1n) is 16.6. The number of aliphatic hydroxyl groups is 2. The van der Waals surface area contributed by atoms with Crippen LogP contribution in [-0.2, 0) is 11.2 Å². The molecule has 0 saturated carbocycles. The number of halogens is 1. The minimum atomic E-state index is -0.962. The Morgan fingerprint density at radius 3 is 1.63 bits per heavy atom. The van der Waals surface area contributed by atoms with Gasteiger partial charge in [-0.2, -0.15) is 5.26 Å². The standard InChI is InChI=1S/C20H21N3O2.C19H19BrN2O4/c1-14-2-5-16(12-18(14)22)19(24)23-10-8-20(25,9-11-23)17-6-3-15(13-21)4-7-17;1-13-2-3-14(12-17(13)22(25)26)18(23)21-10-8-19(24,9-11-21)15-4-6-16(20)7-5-15/h2-7,12,25H,8-11,22H2,1H3;2-7,12,24H,8-11H2,1H3. The normalized spacial score (nSPS) is 16.3. The van der Waals surface area contributed by atoms with Gasteiger partial charge in [0, 0.05) is 59.1 Å². The van der Waals surface area contributed by atoms with Crippen LogP contribution in [0.2, 0.25) is 0 Å². The molecule has 2 heterocycles. The maximum absolute atomic E-state index is 12.7. The number of anilines is 1. The SMILES string of the molecule is Cc1ccc(C(=O)N2CCC(O)(c3ccc(Br)cc3)CC2)cc1[N+](=O)[O-].Cc1ccc(C(=O)N2CCC(O)(c3ccc(C#N)cc3)CC2)cc1N. The highest BCUT2D eigenvalue weighted by molar-refractivity contribution is 9.10. The Bertz CT molecular complexity index is 1960. The number of hydrogen-bond donors (Lipinski definition) is 3. The van der Waals surface area contributed by atoms with E-state index in [9.17, 15) is 29.9 Å². The van der Waals surface area contributed by atoms with Crippen LogP contribution in [0.1, 0.15) is 74.2 Å². The third-order valence-corrected chi connectivity index (χ3v) is 10.4. The Kier molecular flexibility index (Phi) is 11.2. The first-order valence-corrected chi connectivity index (χ1v) is 17.4. The number of aryl methyl sites for hydroxylation is 2.